The summed E-state index contributed by atoms with van der Waals surface area (Å²) in [4.78, 5) is 37.3. The molecule has 1 atom stereocenters. The maximum Gasteiger partial charge on any atom is 0.408 e. The lowest BCUT2D eigenvalue weighted by atomic mass is 9.99. The standard InChI is InChI=1S/C20H25ClN4O5/c1-11(22-19(28)30-20(2,3)4)14(26)9-12-7-6-8-13(21)17(12)18(27)23-15-10-16(29-5)25-24-15/h6-8,10-11H,9H2,1-5H3,(H,22,28)(H2,23,24,25,27)/t11-/m0/s1. The van der Waals surface area contributed by atoms with E-state index in [1.165, 1.54) is 13.2 Å². The SMILES string of the molecule is COc1cc(NC(=O)c2c(Cl)cccc2CC(=O)[C@H](C)NC(=O)OC(C)(C)C)[nH]n1. The zero-order valence-electron chi connectivity index (χ0n) is 17.5. The fraction of sp³-hybridized carbons (Fsp3) is 0.400. The van der Waals surface area contributed by atoms with Gasteiger partial charge in [-0.2, -0.15) is 0 Å². The average Bonchev–Trinajstić information content (AvgIpc) is 3.07. The highest BCUT2D eigenvalue weighted by atomic mass is 35.5. The number of hydrogen-bond donors (Lipinski definition) is 3. The van der Waals surface area contributed by atoms with Crippen molar-refractivity contribution in [3.63, 3.8) is 0 Å². The lowest BCUT2D eigenvalue weighted by Gasteiger charge is -2.21. The number of aromatic nitrogens is 2. The number of rotatable bonds is 7. The summed E-state index contributed by atoms with van der Waals surface area (Å²) in [6.07, 6.45) is -0.798. The van der Waals surface area contributed by atoms with Crippen molar-refractivity contribution in [2.24, 2.45) is 0 Å². The van der Waals surface area contributed by atoms with Gasteiger partial charge in [0.25, 0.3) is 5.91 Å². The van der Waals surface area contributed by atoms with Gasteiger partial charge in [-0.3, -0.25) is 14.7 Å². The first kappa shape index (κ1) is 23.2. The minimum Gasteiger partial charge on any atom is -0.480 e. The van der Waals surface area contributed by atoms with Gasteiger partial charge in [0.05, 0.1) is 23.7 Å². The molecule has 0 aliphatic carbocycles. The highest BCUT2D eigenvalue weighted by Gasteiger charge is 2.24. The Kier molecular flexibility index (Phi) is 7.44. The van der Waals surface area contributed by atoms with Gasteiger partial charge in [-0.05, 0) is 39.3 Å². The molecule has 9 nitrogen and oxygen atoms in total. The molecule has 2 aromatic rings. The normalized spacial score (nSPS) is 12.1. The summed E-state index contributed by atoms with van der Waals surface area (Å²) in [5, 5.41) is 11.8. The van der Waals surface area contributed by atoms with Gasteiger partial charge >= 0.3 is 6.09 Å². The molecular weight excluding hydrogens is 412 g/mol. The topological polar surface area (TPSA) is 122 Å². The van der Waals surface area contributed by atoms with Gasteiger partial charge in [0, 0.05) is 12.5 Å². The average molecular weight is 437 g/mol. The largest absolute Gasteiger partial charge is 0.480 e. The van der Waals surface area contributed by atoms with Crippen molar-refractivity contribution in [2.45, 2.75) is 45.8 Å². The Labute approximate surface area is 179 Å². The van der Waals surface area contributed by atoms with Crippen LogP contribution >= 0.6 is 11.6 Å². The Morgan fingerprint density at radius 3 is 2.57 bits per heavy atom. The minimum atomic E-state index is -0.813. The van der Waals surface area contributed by atoms with Crippen LogP contribution in [-0.2, 0) is 16.0 Å². The van der Waals surface area contributed by atoms with E-state index in [-0.39, 0.29) is 22.8 Å². The molecular formula is C20H25ClN4O5. The molecule has 162 valence electrons. The number of methoxy groups -OCH3 is 1. The number of amides is 2. The number of H-pyrrole nitrogens is 1. The third-order valence-corrected chi connectivity index (χ3v) is 4.23. The molecule has 0 bridgehead atoms. The molecule has 1 heterocycles. The second kappa shape index (κ2) is 9.62. The van der Waals surface area contributed by atoms with E-state index in [1.807, 2.05) is 0 Å². The number of halogens is 1. The molecule has 2 rings (SSSR count). The van der Waals surface area contributed by atoms with E-state index < -0.39 is 23.6 Å². The van der Waals surface area contributed by atoms with Crippen molar-refractivity contribution >= 4 is 35.2 Å². The van der Waals surface area contributed by atoms with Gasteiger partial charge in [-0.25, -0.2) is 4.79 Å². The second-order valence-electron chi connectivity index (χ2n) is 7.56. The highest BCUT2D eigenvalue weighted by molar-refractivity contribution is 6.34. The van der Waals surface area contributed by atoms with Crippen LogP contribution in [-0.4, -0.2) is 46.7 Å². The number of ether oxygens (including phenoxy) is 2. The molecule has 1 aromatic heterocycles. The first-order chi connectivity index (χ1) is 14.0. The van der Waals surface area contributed by atoms with Crippen molar-refractivity contribution in [3.8, 4) is 5.88 Å². The predicted octanol–water partition coefficient (Wildman–Crippen LogP) is 3.35. The molecule has 10 heteroatoms. The van der Waals surface area contributed by atoms with E-state index in [9.17, 15) is 14.4 Å². The predicted molar refractivity (Wildman–Crippen MR) is 112 cm³/mol. The van der Waals surface area contributed by atoms with Crippen LogP contribution < -0.4 is 15.4 Å². The molecule has 0 unspecified atom stereocenters. The van der Waals surface area contributed by atoms with E-state index >= 15 is 0 Å². The Morgan fingerprint density at radius 2 is 1.97 bits per heavy atom. The van der Waals surface area contributed by atoms with Crippen LogP contribution in [0.15, 0.2) is 24.3 Å². The van der Waals surface area contributed by atoms with Crippen molar-refractivity contribution in [2.75, 3.05) is 12.4 Å². The summed E-state index contributed by atoms with van der Waals surface area (Å²) < 4.78 is 10.1. The number of aromatic amines is 1. The van der Waals surface area contributed by atoms with Crippen LogP contribution in [0.4, 0.5) is 10.6 Å². The van der Waals surface area contributed by atoms with E-state index in [1.54, 1.807) is 45.9 Å². The summed E-state index contributed by atoms with van der Waals surface area (Å²) in [5.41, 5.74) is -0.0969. The summed E-state index contributed by atoms with van der Waals surface area (Å²) in [6, 6.07) is 5.53. The van der Waals surface area contributed by atoms with Gasteiger partial charge < -0.3 is 20.1 Å². The number of Topliss-reactive ketones (excluding diaryl/α,β-unsaturated/α-hetero) is 1. The maximum absolute atomic E-state index is 12.8. The number of nitrogens with zero attached hydrogens (tertiary/aromatic N) is 1. The first-order valence-electron chi connectivity index (χ1n) is 9.20. The number of hydrogen-bond acceptors (Lipinski definition) is 6. The van der Waals surface area contributed by atoms with E-state index in [4.69, 9.17) is 21.1 Å². The number of alkyl carbamates (subject to hydrolysis) is 1. The Bertz CT molecular complexity index is 936. The molecule has 0 spiro atoms. The Balaban J connectivity index is 2.12. The van der Waals surface area contributed by atoms with E-state index in [0.717, 1.165) is 0 Å². The second-order valence-corrected chi connectivity index (χ2v) is 7.97. The van der Waals surface area contributed by atoms with Gasteiger partial charge in [-0.1, -0.05) is 23.7 Å². The number of carbonyl (C=O) groups excluding carboxylic acids is 3. The smallest absolute Gasteiger partial charge is 0.408 e. The van der Waals surface area contributed by atoms with Crippen LogP contribution in [0.3, 0.4) is 0 Å². The summed E-state index contributed by atoms with van der Waals surface area (Å²) in [7, 11) is 1.45. The van der Waals surface area contributed by atoms with Crippen LogP contribution in [0.5, 0.6) is 5.88 Å². The molecule has 1 aromatic carbocycles. The molecule has 0 saturated carbocycles. The number of nitrogens with one attached hydrogen (secondary N) is 3. The molecule has 0 aliphatic heterocycles. The molecule has 0 aliphatic rings. The summed E-state index contributed by atoms with van der Waals surface area (Å²) in [5.74, 6) is -0.196. The fourth-order valence-corrected chi connectivity index (χ4v) is 2.81. The Morgan fingerprint density at radius 1 is 1.27 bits per heavy atom. The maximum atomic E-state index is 12.8. The monoisotopic (exact) mass is 436 g/mol. The summed E-state index contributed by atoms with van der Waals surface area (Å²) in [6.45, 7) is 6.73. The number of benzene rings is 1. The fourth-order valence-electron chi connectivity index (χ4n) is 2.53. The lowest BCUT2D eigenvalue weighted by molar-refractivity contribution is -0.120. The molecule has 30 heavy (non-hydrogen) atoms. The minimum absolute atomic E-state index is 0.105. The summed E-state index contributed by atoms with van der Waals surface area (Å²) >= 11 is 6.23. The molecule has 0 radical (unpaired) electrons. The Hall–Kier alpha value is -3.07. The van der Waals surface area contributed by atoms with Crippen LogP contribution in [0, 0.1) is 0 Å². The number of carbonyl (C=O) groups is 3. The quantitative estimate of drug-likeness (QED) is 0.611. The highest BCUT2D eigenvalue weighted by Crippen LogP contribution is 2.23. The number of ketones is 1. The van der Waals surface area contributed by atoms with Crippen molar-refractivity contribution in [1.82, 2.24) is 15.5 Å². The number of anilines is 1. The van der Waals surface area contributed by atoms with Gasteiger partial charge in [0.2, 0.25) is 5.88 Å². The van der Waals surface area contributed by atoms with Crippen molar-refractivity contribution < 1.29 is 23.9 Å². The van der Waals surface area contributed by atoms with Gasteiger partial charge in [0.1, 0.15) is 11.4 Å². The van der Waals surface area contributed by atoms with Crippen molar-refractivity contribution in [1.29, 1.82) is 0 Å². The third kappa shape index (κ3) is 6.48. The molecule has 2 amide bonds. The lowest BCUT2D eigenvalue weighted by Crippen LogP contribution is -2.42. The zero-order chi connectivity index (χ0) is 22.5. The van der Waals surface area contributed by atoms with Crippen LogP contribution in [0.25, 0.3) is 0 Å². The third-order valence-electron chi connectivity index (χ3n) is 3.92. The molecule has 0 saturated heterocycles. The first-order valence-corrected chi connectivity index (χ1v) is 9.58. The molecule has 3 N–H and O–H groups in total. The van der Waals surface area contributed by atoms with Gasteiger partial charge in [0.15, 0.2) is 5.78 Å². The molecule has 0 fully saturated rings. The van der Waals surface area contributed by atoms with Crippen LogP contribution in [0.2, 0.25) is 5.02 Å². The van der Waals surface area contributed by atoms with Gasteiger partial charge in [-0.15, -0.1) is 5.10 Å². The van der Waals surface area contributed by atoms with Crippen LogP contribution in [0.1, 0.15) is 43.6 Å². The van der Waals surface area contributed by atoms with E-state index in [0.29, 0.717) is 17.3 Å². The zero-order valence-corrected chi connectivity index (χ0v) is 18.2. The van der Waals surface area contributed by atoms with Crippen molar-refractivity contribution in [3.05, 3.63) is 40.4 Å². The van der Waals surface area contributed by atoms with E-state index in [2.05, 4.69) is 20.8 Å².